The zero-order valence-electron chi connectivity index (χ0n) is 11.7. The lowest BCUT2D eigenvalue weighted by Gasteiger charge is -2.08. The Hall–Kier alpha value is -2.58. The van der Waals surface area contributed by atoms with Gasteiger partial charge >= 0.3 is 0 Å². The highest BCUT2D eigenvalue weighted by Gasteiger charge is 2.09. The van der Waals surface area contributed by atoms with Gasteiger partial charge in [0.2, 0.25) is 0 Å². The van der Waals surface area contributed by atoms with Crippen molar-refractivity contribution >= 4 is 32.4 Å². The van der Waals surface area contributed by atoms with Crippen LogP contribution in [0.25, 0.3) is 10.2 Å². The number of ether oxygens (including phenoxy) is 1. The van der Waals surface area contributed by atoms with Gasteiger partial charge in [0, 0.05) is 6.07 Å². The van der Waals surface area contributed by atoms with Gasteiger partial charge in [0.05, 0.1) is 34.6 Å². The van der Waals surface area contributed by atoms with E-state index in [1.165, 1.54) is 0 Å². The highest BCUT2D eigenvalue weighted by molar-refractivity contribution is 7.22. The van der Waals surface area contributed by atoms with Crippen LogP contribution in [0.3, 0.4) is 0 Å². The molecule has 0 amide bonds. The van der Waals surface area contributed by atoms with Crippen LogP contribution in [0.2, 0.25) is 0 Å². The molecule has 0 aliphatic carbocycles. The van der Waals surface area contributed by atoms with Crippen molar-refractivity contribution in [2.24, 2.45) is 0 Å². The van der Waals surface area contributed by atoms with Gasteiger partial charge in [0.25, 0.3) is 0 Å². The third-order valence-corrected chi connectivity index (χ3v) is 4.13. The molecule has 104 valence electrons. The van der Waals surface area contributed by atoms with Gasteiger partial charge in [-0.1, -0.05) is 23.5 Å². The van der Waals surface area contributed by atoms with E-state index in [1.54, 1.807) is 30.6 Å². The van der Waals surface area contributed by atoms with Crippen molar-refractivity contribution in [3.8, 4) is 11.8 Å². The van der Waals surface area contributed by atoms with Gasteiger partial charge in [-0.15, -0.1) is 0 Å². The van der Waals surface area contributed by atoms with Crippen molar-refractivity contribution in [1.29, 1.82) is 5.26 Å². The molecule has 5 heteroatoms. The Balaban J connectivity index is 1.99. The molecule has 21 heavy (non-hydrogen) atoms. The van der Waals surface area contributed by atoms with Gasteiger partial charge in [-0.25, -0.2) is 4.98 Å². The van der Waals surface area contributed by atoms with Crippen LogP contribution >= 0.6 is 11.3 Å². The number of para-hydroxylation sites is 1. The number of benzene rings is 2. The van der Waals surface area contributed by atoms with Crippen molar-refractivity contribution in [3.63, 3.8) is 0 Å². The Labute approximate surface area is 126 Å². The van der Waals surface area contributed by atoms with Crippen LogP contribution in [0.5, 0.6) is 5.75 Å². The molecule has 0 saturated carbocycles. The summed E-state index contributed by atoms with van der Waals surface area (Å²) in [5.74, 6) is 0.630. The number of rotatable bonds is 3. The number of nitrogens with one attached hydrogen (secondary N) is 1. The van der Waals surface area contributed by atoms with E-state index in [0.29, 0.717) is 11.3 Å². The molecular formula is C16H13N3OS. The molecule has 0 atom stereocenters. The standard InChI is InChI=1S/C16H13N3OS/c1-10-4-3-5-14-15(10)19-16(21-14)18-12-7-6-11(9-17)8-13(12)20-2/h3-8H,1-2H3,(H,18,19). The quantitative estimate of drug-likeness (QED) is 0.785. The Morgan fingerprint density at radius 2 is 2.14 bits per heavy atom. The maximum absolute atomic E-state index is 8.93. The van der Waals surface area contributed by atoms with E-state index in [9.17, 15) is 0 Å². The lowest BCUT2D eigenvalue weighted by Crippen LogP contribution is -1.94. The lowest BCUT2D eigenvalue weighted by molar-refractivity contribution is 0.416. The smallest absolute Gasteiger partial charge is 0.188 e. The minimum Gasteiger partial charge on any atom is -0.495 e. The van der Waals surface area contributed by atoms with E-state index in [4.69, 9.17) is 10.00 Å². The number of nitriles is 1. The van der Waals surface area contributed by atoms with Gasteiger partial charge in [0.1, 0.15) is 5.75 Å². The van der Waals surface area contributed by atoms with Crippen LogP contribution in [-0.2, 0) is 0 Å². The van der Waals surface area contributed by atoms with E-state index in [2.05, 4.69) is 22.4 Å². The number of nitrogens with zero attached hydrogens (tertiary/aromatic N) is 2. The molecule has 0 fully saturated rings. The Morgan fingerprint density at radius 1 is 1.29 bits per heavy atom. The number of aromatic nitrogens is 1. The zero-order chi connectivity index (χ0) is 14.8. The molecule has 3 rings (SSSR count). The first-order valence-electron chi connectivity index (χ1n) is 6.42. The summed E-state index contributed by atoms with van der Waals surface area (Å²) in [6.45, 7) is 2.05. The van der Waals surface area contributed by atoms with Gasteiger partial charge in [0.15, 0.2) is 5.13 Å². The number of hydrogen-bond acceptors (Lipinski definition) is 5. The minimum atomic E-state index is 0.567. The van der Waals surface area contributed by atoms with Gasteiger partial charge < -0.3 is 10.1 Å². The fourth-order valence-corrected chi connectivity index (χ4v) is 3.08. The zero-order valence-corrected chi connectivity index (χ0v) is 12.5. The van der Waals surface area contributed by atoms with Crippen LogP contribution in [0.1, 0.15) is 11.1 Å². The predicted molar refractivity (Wildman–Crippen MR) is 85.3 cm³/mol. The number of methoxy groups -OCH3 is 1. The Bertz CT molecular complexity index is 848. The summed E-state index contributed by atoms with van der Waals surface area (Å²) in [7, 11) is 1.59. The summed E-state index contributed by atoms with van der Waals surface area (Å²) in [4.78, 5) is 4.61. The molecule has 3 aromatic rings. The first-order valence-corrected chi connectivity index (χ1v) is 7.24. The summed E-state index contributed by atoms with van der Waals surface area (Å²) in [5.41, 5.74) is 3.53. The van der Waals surface area contributed by atoms with Crippen LogP contribution < -0.4 is 10.1 Å². The molecule has 0 saturated heterocycles. The Morgan fingerprint density at radius 3 is 2.86 bits per heavy atom. The maximum atomic E-state index is 8.93. The maximum Gasteiger partial charge on any atom is 0.188 e. The summed E-state index contributed by atoms with van der Waals surface area (Å²) < 4.78 is 6.46. The van der Waals surface area contributed by atoms with Crippen LogP contribution in [0, 0.1) is 18.3 Å². The average molecular weight is 295 g/mol. The van der Waals surface area contributed by atoms with Crippen LogP contribution in [0.4, 0.5) is 10.8 Å². The lowest BCUT2D eigenvalue weighted by atomic mass is 10.2. The van der Waals surface area contributed by atoms with Crippen molar-refractivity contribution in [3.05, 3.63) is 47.5 Å². The number of thiazole rings is 1. The van der Waals surface area contributed by atoms with Gasteiger partial charge in [-0.2, -0.15) is 5.26 Å². The number of aryl methyl sites for hydroxylation is 1. The average Bonchev–Trinajstić information content (AvgIpc) is 2.91. The molecule has 0 radical (unpaired) electrons. The van der Waals surface area contributed by atoms with Gasteiger partial charge in [-0.05, 0) is 30.7 Å². The van der Waals surface area contributed by atoms with E-state index < -0.39 is 0 Å². The summed E-state index contributed by atoms with van der Waals surface area (Å²) in [6, 6.07) is 13.5. The molecule has 0 spiro atoms. The molecule has 0 aliphatic rings. The molecule has 2 aromatic carbocycles. The van der Waals surface area contributed by atoms with Crippen LogP contribution in [-0.4, -0.2) is 12.1 Å². The second-order valence-electron chi connectivity index (χ2n) is 4.59. The highest BCUT2D eigenvalue weighted by Crippen LogP contribution is 2.33. The first-order chi connectivity index (χ1) is 10.2. The summed E-state index contributed by atoms with van der Waals surface area (Å²) in [6.07, 6.45) is 0. The van der Waals surface area contributed by atoms with Crippen molar-refractivity contribution < 1.29 is 4.74 Å². The minimum absolute atomic E-state index is 0.567. The molecule has 0 unspecified atom stereocenters. The molecule has 1 heterocycles. The van der Waals surface area contributed by atoms with Crippen molar-refractivity contribution in [2.75, 3.05) is 12.4 Å². The predicted octanol–water partition coefficient (Wildman–Crippen LogP) is 4.23. The molecule has 1 N–H and O–H groups in total. The van der Waals surface area contributed by atoms with E-state index in [1.807, 2.05) is 25.1 Å². The normalized spacial score (nSPS) is 10.3. The topological polar surface area (TPSA) is 57.9 Å². The summed E-state index contributed by atoms with van der Waals surface area (Å²) >= 11 is 1.59. The number of hydrogen-bond donors (Lipinski definition) is 1. The summed E-state index contributed by atoms with van der Waals surface area (Å²) in [5, 5.41) is 13.0. The SMILES string of the molecule is COc1cc(C#N)ccc1Nc1nc2c(C)cccc2s1. The fraction of sp³-hybridized carbons (Fsp3) is 0.125. The molecule has 0 bridgehead atoms. The highest BCUT2D eigenvalue weighted by atomic mass is 32.1. The van der Waals surface area contributed by atoms with E-state index in [0.717, 1.165) is 26.6 Å². The molecule has 4 nitrogen and oxygen atoms in total. The second kappa shape index (κ2) is 5.43. The molecule has 1 aromatic heterocycles. The third-order valence-electron chi connectivity index (χ3n) is 3.19. The second-order valence-corrected chi connectivity index (χ2v) is 5.62. The van der Waals surface area contributed by atoms with Gasteiger partial charge in [-0.3, -0.25) is 0 Å². The molecule has 0 aliphatic heterocycles. The van der Waals surface area contributed by atoms with Crippen molar-refractivity contribution in [2.45, 2.75) is 6.92 Å². The Kier molecular flexibility index (Phi) is 3.46. The van der Waals surface area contributed by atoms with E-state index >= 15 is 0 Å². The third kappa shape index (κ3) is 2.54. The molecular weight excluding hydrogens is 282 g/mol. The monoisotopic (exact) mass is 295 g/mol. The van der Waals surface area contributed by atoms with E-state index in [-0.39, 0.29) is 0 Å². The van der Waals surface area contributed by atoms with Crippen molar-refractivity contribution in [1.82, 2.24) is 4.98 Å². The first kappa shape index (κ1) is 13.4. The number of fused-ring (bicyclic) bond motifs is 1. The van der Waals surface area contributed by atoms with Crippen LogP contribution in [0.15, 0.2) is 36.4 Å². The fourth-order valence-electron chi connectivity index (χ4n) is 2.12. The largest absolute Gasteiger partial charge is 0.495 e. The number of anilines is 2.